The van der Waals surface area contributed by atoms with Gasteiger partial charge in [-0.05, 0) is 19.1 Å². The highest BCUT2D eigenvalue weighted by atomic mass is 35.5. The molecule has 1 unspecified atom stereocenters. The number of nitrogens with zero attached hydrogens (tertiary/aromatic N) is 3. The van der Waals surface area contributed by atoms with E-state index in [0.29, 0.717) is 28.7 Å². The molecule has 5 nitrogen and oxygen atoms in total. The number of hydrogen-bond acceptors (Lipinski definition) is 4. The number of aliphatic hydroxyl groups is 1. The van der Waals surface area contributed by atoms with Crippen LogP contribution >= 0.6 is 11.6 Å². The highest BCUT2D eigenvalue weighted by Crippen LogP contribution is 2.31. The third-order valence-corrected chi connectivity index (χ3v) is 2.97. The first-order valence-corrected chi connectivity index (χ1v) is 5.95. The van der Waals surface area contributed by atoms with Crippen LogP contribution < -0.4 is 4.74 Å². The van der Waals surface area contributed by atoms with E-state index < -0.39 is 6.10 Å². The van der Waals surface area contributed by atoms with Crippen molar-refractivity contribution in [1.82, 2.24) is 14.8 Å². The molecule has 0 aromatic carbocycles. The Labute approximate surface area is 110 Å². The average molecular weight is 268 g/mol. The van der Waals surface area contributed by atoms with Gasteiger partial charge in [-0.15, -0.1) is 0 Å². The molecule has 18 heavy (non-hydrogen) atoms. The number of aliphatic hydroxyl groups excluding tert-OH is 1. The highest BCUT2D eigenvalue weighted by Gasteiger charge is 2.22. The summed E-state index contributed by atoms with van der Waals surface area (Å²) in [7, 11) is 1.51. The summed E-state index contributed by atoms with van der Waals surface area (Å²) in [5.41, 5.74) is 1.11. The van der Waals surface area contributed by atoms with Crippen molar-refractivity contribution in [3.05, 3.63) is 40.8 Å². The van der Waals surface area contributed by atoms with Gasteiger partial charge in [-0.3, -0.25) is 4.68 Å². The van der Waals surface area contributed by atoms with E-state index in [-0.39, 0.29) is 0 Å². The molecule has 0 saturated heterocycles. The minimum absolute atomic E-state index is 0.380. The predicted octanol–water partition coefficient (Wildman–Crippen LogP) is 2.04. The van der Waals surface area contributed by atoms with E-state index in [1.165, 1.54) is 13.3 Å². The van der Waals surface area contributed by atoms with Crippen LogP contribution in [-0.4, -0.2) is 27.0 Å². The zero-order chi connectivity index (χ0) is 13.1. The second kappa shape index (κ2) is 5.37. The maximum atomic E-state index is 10.4. The van der Waals surface area contributed by atoms with Gasteiger partial charge in [0.25, 0.3) is 0 Å². The number of aromatic nitrogens is 3. The van der Waals surface area contributed by atoms with Gasteiger partial charge in [-0.25, -0.2) is 4.98 Å². The summed E-state index contributed by atoms with van der Waals surface area (Å²) in [5, 5.41) is 14.9. The molecule has 1 N–H and O–H groups in total. The van der Waals surface area contributed by atoms with E-state index in [1.807, 2.05) is 6.92 Å². The molecule has 2 rings (SSSR count). The molecule has 0 saturated carbocycles. The number of halogens is 1. The summed E-state index contributed by atoms with van der Waals surface area (Å²) in [6.07, 6.45) is 2.21. The second-order valence-corrected chi connectivity index (χ2v) is 4.11. The van der Waals surface area contributed by atoms with E-state index in [1.54, 1.807) is 23.0 Å². The van der Waals surface area contributed by atoms with Crippen molar-refractivity contribution in [3.8, 4) is 5.88 Å². The minimum Gasteiger partial charge on any atom is -0.481 e. The van der Waals surface area contributed by atoms with Crippen molar-refractivity contribution in [2.24, 2.45) is 0 Å². The summed E-state index contributed by atoms with van der Waals surface area (Å²) >= 11 is 6.06. The topological polar surface area (TPSA) is 60.2 Å². The molecule has 0 aliphatic carbocycles. The number of rotatable bonds is 4. The molecule has 0 fully saturated rings. The third kappa shape index (κ3) is 2.19. The first kappa shape index (κ1) is 12.9. The SMILES string of the molecule is CCn1ncc(Cl)c1C(O)c1cccnc1OC. The van der Waals surface area contributed by atoms with Crippen LogP contribution in [0.3, 0.4) is 0 Å². The summed E-state index contributed by atoms with van der Waals surface area (Å²) < 4.78 is 6.79. The normalized spacial score (nSPS) is 12.4. The van der Waals surface area contributed by atoms with E-state index in [4.69, 9.17) is 16.3 Å². The first-order chi connectivity index (χ1) is 8.69. The molecule has 0 bridgehead atoms. The monoisotopic (exact) mass is 267 g/mol. The predicted molar refractivity (Wildman–Crippen MR) is 67.8 cm³/mol. The van der Waals surface area contributed by atoms with Crippen molar-refractivity contribution < 1.29 is 9.84 Å². The van der Waals surface area contributed by atoms with E-state index in [9.17, 15) is 5.11 Å². The van der Waals surface area contributed by atoms with Crippen molar-refractivity contribution in [1.29, 1.82) is 0 Å². The van der Waals surface area contributed by atoms with Gasteiger partial charge in [0, 0.05) is 18.3 Å². The van der Waals surface area contributed by atoms with E-state index >= 15 is 0 Å². The maximum absolute atomic E-state index is 10.4. The molecular formula is C12H14ClN3O2. The standard InChI is InChI=1S/C12H14ClN3O2/c1-3-16-10(9(13)7-15-16)11(17)8-5-4-6-14-12(8)18-2/h4-7,11,17H,3H2,1-2H3. The maximum Gasteiger partial charge on any atom is 0.219 e. The van der Waals surface area contributed by atoms with Crippen LogP contribution in [0.2, 0.25) is 5.02 Å². The first-order valence-electron chi connectivity index (χ1n) is 5.57. The van der Waals surface area contributed by atoms with Gasteiger partial charge in [0.2, 0.25) is 5.88 Å². The van der Waals surface area contributed by atoms with E-state index in [2.05, 4.69) is 10.1 Å². The van der Waals surface area contributed by atoms with Gasteiger partial charge in [-0.1, -0.05) is 11.6 Å². The minimum atomic E-state index is -0.913. The Balaban J connectivity index is 2.47. The number of pyridine rings is 1. The Kier molecular flexibility index (Phi) is 3.84. The molecule has 0 radical (unpaired) electrons. The molecule has 0 aliphatic heterocycles. The van der Waals surface area contributed by atoms with Gasteiger partial charge in [0.15, 0.2) is 0 Å². The fourth-order valence-electron chi connectivity index (χ4n) is 1.82. The molecule has 1 atom stereocenters. The highest BCUT2D eigenvalue weighted by molar-refractivity contribution is 6.31. The van der Waals surface area contributed by atoms with Gasteiger partial charge in [-0.2, -0.15) is 5.10 Å². The average Bonchev–Trinajstić information content (AvgIpc) is 2.79. The van der Waals surface area contributed by atoms with Crippen LogP contribution in [0.15, 0.2) is 24.5 Å². The Morgan fingerprint density at radius 1 is 1.56 bits per heavy atom. The largest absolute Gasteiger partial charge is 0.481 e. The van der Waals surface area contributed by atoms with Gasteiger partial charge in [0.05, 0.1) is 24.0 Å². The molecule has 2 heterocycles. The fourth-order valence-corrected chi connectivity index (χ4v) is 2.07. The second-order valence-electron chi connectivity index (χ2n) is 3.70. The van der Waals surface area contributed by atoms with Crippen LogP contribution in [0, 0.1) is 0 Å². The third-order valence-electron chi connectivity index (χ3n) is 2.68. The summed E-state index contributed by atoms with van der Waals surface area (Å²) in [5.74, 6) is 0.380. The lowest BCUT2D eigenvalue weighted by Gasteiger charge is -2.15. The molecule has 0 spiro atoms. The van der Waals surface area contributed by atoms with Crippen LogP contribution in [-0.2, 0) is 6.54 Å². The molecule has 6 heteroatoms. The lowest BCUT2D eigenvalue weighted by molar-refractivity contribution is 0.201. The number of aryl methyl sites for hydroxylation is 1. The summed E-state index contributed by atoms with van der Waals surface area (Å²) in [4.78, 5) is 4.06. The Morgan fingerprint density at radius 2 is 2.33 bits per heavy atom. The molecule has 0 amide bonds. The van der Waals surface area contributed by atoms with Gasteiger partial charge >= 0.3 is 0 Å². The lowest BCUT2D eigenvalue weighted by Crippen LogP contribution is -2.11. The Hall–Kier alpha value is -1.59. The van der Waals surface area contributed by atoms with Crippen LogP contribution in [0.25, 0.3) is 0 Å². The van der Waals surface area contributed by atoms with Crippen molar-refractivity contribution in [3.63, 3.8) is 0 Å². The zero-order valence-electron chi connectivity index (χ0n) is 10.2. The summed E-state index contributed by atoms with van der Waals surface area (Å²) in [6.45, 7) is 2.56. The van der Waals surface area contributed by atoms with Crippen molar-refractivity contribution in [2.75, 3.05) is 7.11 Å². The molecule has 2 aromatic rings. The lowest BCUT2D eigenvalue weighted by atomic mass is 10.1. The van der Waals surface area contributed by atoms with Crippen LogP contribution in [0.5, 0.6) is 5.88 Å². The Bertz CT molecular complexity index is 542. The van der Waals surface area contributed by atoms with Crippen molar-refractivity contribution in [2.45, 2.75) is 19.6 Å². The fraction of sp³-hybridized carbons (Fsp3) is 0.333. The summed E-state index contributed by atoms with van der Waals surface area (Å²) in [6, 6.07) is 3.49. The van der Waals surface area contributed by atoms with Crippen LogP contribution in [0.1, 0.15) is 24.3 Å². The zero-order valence-corrected chi connectivity index (χ0v) is 10.9. The number of ether oxygens (including phenoxy) is 1. The van der Waals surface area contributed by atoms with Crippen LogP contribution in [0.4, 0.5) is 0 Å². The number of methoxy groups -OCH3 is 1. The van der Waals surface area contributed by atoms with Gasteiger partial charge in [0.1, 0.15) is 6.10 Å². The Morgan fingerprint density at radius 3 is 3.00 bits per heavy atom. The molecule has 2 aromatic heterocycles. The van der Waals surface area contributed by atoms with E-state index in [0.717, 1.165) is 0 Å². The quantitative estimate of drug-likeness (QED) is 0.921. The van der Waals surface area contributed by atoms with Crippen molar-refractivity contribution >= 4 is 11.6 Å². The molecule has 0 aliphatic rings. The number of hydrogen-bond donors (Lipinski definition) is 1. The molecular weight excluding hydrogens is 254 g/mol. The smallest absolute Gasteiger partial charge is 0.219 e. The van der Waals surface area contributed by atoms with Gasteiger partial charge < -0.3 is 9.84 Å². The molecule has 96 valence electrons.